The maximum absolute atomic E-state index is 14.6. The van der Waals surface area contributed by atoms with Crippen molar-refractivity contribution < 1.29 is 47.1 Å². The summed E-state index contributed by atoms with van der Waals surface area (Å²) < 4.78 is 34.5. The Labute approximate surface area is 336 Å². The number of nitrogens with two attached hydrogens (primary N) is 1. The number of ether oxygens (including phenoxy) is 1. The molecule has 16 nitrogen and oxygen atoms in total. The Bertz CT molecular complexity index is 1830. The van der Waals surface area contributed by atoms with Gasteiger partial charge >= 0.3 is 12.0 Å². The Morgan fingerprint density at radius 1 is 1.00 bits per heavy atom. The molecule has 58 heavy (non-hydrogen) atoms. The molecular weight excluding hydrogens is 758 g/mol. The zero-order valence-electron chi connectivity index (χ0n) is 33.7. The summed E-state index contributed by atoms with van der Waals surface area (Å²) in [4.78, 5) is 101. The number of carbonyl (C=O) groups excluding carboxylic acids is 7. The van der Waals surface area contributed by atoms with E-state index >= 15 is 0 Å². The number of carbonyl (C=O) groups is 7. The normalized spacial score (nSPS) is 26.6. The van der Waals surface area contributed by atoms with Crippen LogP contribution in [0.1, 0.15) is 59.4 Å². The van der Waals surface area contributed by atoms with Crippen LogP contribution in [-0.2, 0) is 39.9 Å². The first kappa shape index (κ1) is 45.1. The fourth-order valence-electron chi connectivity index (χ4n) is 7.31. The number of hydrogen-bond donors (Lipinski definition) is 5. The van der Waals surface area contributed by atoms with Gasteiger partial charge in [-0.1, -0.05) is 25.2 Å². The SMILES string of the molecule is C=C/C(=C\C=C(C)C)NC(=O)N[C@@H](Cc1cc(F)cc(F)c1)C(=O)N[C@@H]1C(=O)N2CCC[C@H]2C(=O)N(C)[C@@H](CN)C(=O)N[C@@H](C)C(=O)N2C[C@H](C)C[C@H]2C(=O)O[C@H]1C. The number of likely N-dealkylation sites (N-methyl/N-ethyl adjacent to an activating group) is 1. The number of benzene rings is 1. The van der Waals surface area contributed by atoms with Gasteiger partial charge in [-0.25, -0.2) is 18.4 Å². The molecule has 0 aliphatic carbocycles. The van der Waals surface area contributed by atoms with Gasteiger partial charge in [-0.15, -0.1) is 0 Å². The molecule has 0 aromatic heterocycles. The lowest BCUT2D eigenvalue weighted by atomic mass is 10.0. The van der Waals surface area contributed by atoms with Gasteiger partial charge in [-0.3, -0.25) is 24.0 Å². The summed E-state index contributed by atoms with van der Waals surface area (Å²) in [5.74, 6) is -6.62. The highest BCUT2D eigenvalue weighted by Crippen LogP contribution is 2.27. The van der Waals surface area contributed by atoms with Crippen LogP contribution in [0.2, 0.25) is 0 Å². The number of urea groups is 1. The highest BCUT2D eigenvalue weighted by atomic mass is 19.1. The van der Waals surface area contributed by atoms with Crippen LogP contribution in [0.25, 0.3) is 0 Å². The molecule has 0 unspecified atom stereocenters. The van der Waals surface area contributed by atoms with Gasteiger partial charge in [0, 0.05) is 44.9 Å². The van der Waals surface area contributed by atoms with Crippen molar-refractivity contribution in [1.29, 1.82) is 0 Å². The zero-order chi connectivity index (χ0) is 43.0. The van der Waals surface area contributed by atoms with Crippen molar-refractivity contribution in [3.63, 3.8) is 0 Å². The van der Waals surface area contributed by atoms with Gasteiger partial charge in [0.2, 0.25) is 29.5 Å². The second-order valence-electron chi connectivity index (χ2n) is 15.3. The molecule has 3 heterocycles. The lowest BCUT2D eigenvalue weighted by molar-refractivity contribution is -0.162. The lowest BCUT2D eigenvalue weighted by Gasteiger charge is -2.36. The molecule has 7 amide bonds. The van der Waals surface area contributed by atoms with Crippen LogP contribution in [0.5, 0.6) is 0 Å². The summed E-state index contributed by atoms with van der Waals surface area (Å²) >= 11 is 0. The number of amides is 7. The van der Waals surface area contributed by atoms with Gasteiger partial charge in [0.1, 0.15) is 54.0 Å². The third kappa shape index (κ3) is 11.0. The van der Waals surface area contributed by atoms with Gasteiger partial charge in [-0.05, 0) is 82.7 Å². The first-order chi connectivity index (χ1) is 27.3. The molecular formula is C40H54F2N8O8. The van der Waals surface area contributed by atoms with Gasteiger partial charge in [0.15, 0.2) is 0 Å². The van der Waals surface area contributed by atoms with Crippen molar-refractivity contribution in [2.24, 2.45) is 11.7 Å². The molecule has 18 heteroatoms. The average Bonchev–Trinajstić information content (AvgIpc) is 3.80. The van der Waals surface area contributed by atoms with E-state index in [1.165, 1.54) is 36.8 Å². The first-order valence-corrected chi connectivity index (χ1v) is 19.2. The van der Waals surface area contributed by atoms with E-state index in [2.05, 4.69) is 27.8 Å². The monoisotopic (exact) mass is 812 g/mol. The summed E-state index contributed by atoms with van der Waals surface area (Å²) in [6, 6.07) is -6.05. The van der Waals surface area contributed by atoms with Crippen LogP contribution < -0.4 is 27.0 Å². The predicted octanol–water partition coefficient (Wildman–Crippen LogP) is 1.16. The number of nitrogens with zero attached hydrogens (tertiary/aromatic N) is 3. The van der Waals surface area contributed by atoms with Crippen molar-refractivity contribution >= 4 is 41.5 Å². The van der Waals surface area contributed by atoms with Crippen molar-refractivity contribution in [3.05, 3.63) is 71.5 Å². The molecule has 3 aliphatic heterocycles. The number of allylic oxidation sites excluding steroid dienone is 4. The second kappa shape index (κ2) is 19.7. The molecule has 0 spiro atoms. The Balaban J connectivity index is 1.75. The van der Waals surface area contributed by atoms with E-state index in [1.807, 2.05) is 20.8 Å². The van der Waals surface area contributed by atoms with E-state index in [1.54, 1.807) is 12.2 Å². The first-order valence-electron chi connectivity index (χ1n) is 19.2. The fourth-order valence-corrected chi connectivity index (χ4v) is 7.31. The Morgan fingerprint density at radius 3 is 2.29 bits per heavy atom. The Hall–Kier alpha value is -5.65. The van der Waals surface area contributed by atoms with Crippen LogP contribution in [0.3, 0.4) is 0 Å². The van der Waals surface area contributed by atoms with E-state index in [4.69, 9.17) is 10.5 Å². The number of halogens is 2. The predicted molar refractivity (Wildman–Crippen MR) is 208 cm³/mol. The second-order valence-corrected chi connectivity index (χ2v) is 15.3. The van der Waals surface area contributed by atoms with Gasteiger partial charge < -0.3 is 46.4 Å². The van der Waals surface area contributed by atoms with Crippen molar-refractivity contribution in [1.82, 2.24) is 36.0 Å². The van der Waals surface area contributed by atoms with Gasteiger partial charge in [0.05, 0.1) is 0 Å². The van der Waals surface area contributed by atoms with Gasteiger partial charge in [-0.2, -0.15) is 0 Å². The van der Waals surface area contributed by atoms with Crippen LogP contribution in [0.4, 0.5) is 13.6 Å². The highest BCUT2D eigenvalue weighted by molar-refractivity contribution is 5.98. The molecule has 3 saturated heterocycles. The average molecular weight is 813 g/mol. The molecule has 0 saturated carbocycles. The summed E-state index contributed by atoms with van der Waals surface area (Å²) in [6.45, 7) is 11.9. The third-order valence-electron chi connectivity index (χ3n) is 10.3. The number of fused-ring (bicyclic) bond motifs is 2. The highest BCUT2D eigenvalue weighted by Gasteiger charge is 2.46. The topological polar surface area (TPSA) is 213 Å². The zero-order valence-corrected chi connectivity index (χ0v) is 33.7. The Kier molecular flexibility index (Phi) is 15.3. The summed E-state index contributed by atoms with van der Waals surface area (Å²) in [6.07, 6.45) is 3.55. The maximum Gasteiger partial charge on any atom is 0.329 e. The number of cyclic esters (lactones) is 1. The smallest absolute Gasteiger partial charge is 0.329 e. The van der Waals surface area contributed by atoms with E-state index < -0.39 is 102 Å². The number of rotatable bonds is 9. The molecule has 316 valence electrons. The van der Waals surface area contributed by atoms with E-state index in [-0.39, 0.29) is 49.7 Å². The molecule has 3 aliphatic rings. The minimum absolute atomic E-state index is 0.00755. The minimum atomic E-state index is -1.67. The molecule has 0 bridgehead atoms. The summed E-state index contributed by atoms with van der Waals surface area (Å²) in [5, 5.41) is 10.2. The number of esters is 1. The van der Waals surface area contributed by atoms with Crippen LogP contribution in [-0.4, -0.2) is 125 Å². The summed E-state index contributed by atoms with van der Waals surface area (Å²) in [7, 11) is 1.36. The van der Waals surface area contributed by atoms with Crippen molar-refractivity contribution in [2.75, 3.05) is 26.7 Å². The molecule has 6 N–H and O–H groups in total. The largest absolute Gasteiger partial charge is 0.458 e. The van der Waals surface area contributed by atoms with Crippen molar-refractivity contribution in [2.45, 2.75) is 103 Å². The quantitative estimate of drug-likeness (QED) is 0.179. The molecule has 4 rings (SSSR count). The molecule has 1 aromatic carbocycles. The van der Waals surface area contributed by atoms with E-state index in [9.17, 15) is 42.3 Å². The third-order valence-corrected chi connectivity index (χ3v) is 10.3. The molecule has 8 atom stereocenters. The lowest BCUT2D eigenvalue weighted by Crippen LogP contribution is -2.63. The molecule has 1 aromatic rings. The number of nitrogens with one attached hydrogen (secondary N) is 4. The fraction of sp³-hybridized carbons (Fsp3) is 0.525. The van der Waals surface area contributed by atoms with Crippen molar-refractivity contribution in [3.8, 4) is 0 Å². The van der Waals surface area contributed by atoms with Crippen LogP contribution in [0, 0.1) is 17.6 Å². The van der Waals surface area contributed by atoms with Crippen LogP contribution >= 0.6 is 0 Å². The standard InChI is InChI=1S/C40H54F2N8O8/c1-8-28(12-11-21(2)3)45-40(57)46-29(17-25-15-26(41)18-27(42)16-25)34(51)47-33-24(6)58-39(56)31-14-22(4)20-50(31)36(53)23(5)44-35(52)32(19-43)48(7)37(54)30-10-9-13-49(30)38(33)55/h8,11-12,15-16,18,22-24,29-33H,1,9-10,13-14,17,19-20,43H2,2-7H3,(H,44,52)(H,47,51)(H2,45,46,57)/b28-12+/t22-,23+,24+,29+,30+,31+,32+,33+/m1/s1. The Morgan fingerprint density at radius 2 is 1.67 bits per heavy atom. The maximum atomic E-state index is 14.6. The minimum Gasteiger partial charge on any atom is -0.458 e. The summed E-state index contributed by atoms with van der Waals surface area (Å²) in [5.41, 5.74) is 7.12. The molecule has 3 fully saturated rings. The van der Waals surface area contributed by atoms with E-state index in [0.717, 1.165) is 22.6 Å². The number of hydrogen-bond acceptors (Lipinski definition) is 9. The van der Waals surface area contributed by atoms with Gasteiger partial charge in [0.25, 0.3) is 0 Å². The molecule has 0 radical (unpaired) electrons. The van der Waals surface area contributed by atoms with Crippen LogP contribution in [0.15, 0.2) is 54.3 Å². The van der Waals surface area contributed by atoms with E-state index in [0.29, 0.717) is 12.5 Å².